The van der Waals surface area contributed by atoms with Crippen LogP contribution in [0.3, 0.4) is 0 Å². The summed E-state index contributed by atoms with van der Waals surface area (Å²) in [5.41, 5.74) is -0.856. The summed E-state index contributed by atoms with van der Waals surface area (Å²) in [5, 5.41) is 17.5. The van der Waals surface area contributed by atoms with Crippen molar-refractivity contribution in [3.05, 3.63) is 21.0 Å². The molecular weight excluding hydrogens is 293 g/mol. The highest BCUT2D eigenvalue weighted by atomic mass is 127. The summed E-state index contributed by atoms with van der Waals surface area (Å²) in [4.78, 5) is 3.32. The minimum atomic E-state index is -2.74. The first kappa shape index (κ1) is 10.1. The molecule has 0 radical (unpaired) electrons. The monoisotopic (exact) mass is 296 g/mol. The zero-order valence-corrected chi connectivity index (χ0v) is 8.29. The molecule has 68 valence electrons. The molecule has 1 aromatic rings. The number of pyridine rings is 1. The maximum atomic E-state index is 12.2. The van der Waals surface area contributed by atoms with Gasteiger partial charge >= 0.3 is 0 Å². The van der Waals surface area contributed by atoms with Crippen molar-refractivity contribution in [1.29, 1.82) is 5.26 Å². The Hall–Kier alpha value is -0.970. The van der Waals surface area contributed by atoms with Crippen LogP contribution < -0.4 is 0 Å². The van der Waals surface area contributed by atoms with Gasteiger partial charge < -0.3 is 5.11 Å². The van der Waals surface area contributed by atoms with Gasteiger partial charge in [-0.25, -0.2) is 13.8 Å². The predicted molar refractivity (Wildman–Crippen MR) is 48.3 cm³/mol. The quantitative estimate of drug-likeness (QED) is 0.808. The minimum Gasteiger partial charge on any atom is -0.505 e. The third kappa shape index (κ3) is 2.03. The number of hydrogen-bond acceptors (Lipinski definition) is 3. The Kier molecular flexibility index (Phi) is 2.98. The molecule has 1 N–H and O–H groups in total. The second kappa shape index (κ2) is 3.83. The fourth-order valence-corrected chi connectivity index (χ4v) is 1.38. The van der Waals surface area contributed by atoms with Gasteiger partial charge in [-0.15, -0.1) is 0 Å². The highest BCUT2D eigenvalue weighted by Gasteiger charge is 2.16. The van der Waals surface area contributed by atoms with Gasteiger partial charge in [-0.05, 0) is 28.7 Å². The summed E-state index contributed by atoms with van der Waals surface area (Å²) in [6.45, 7) is 0. The molecule has 0 amide bonds. The molecule has 6 heteroatoms. The van der Waals surface area contributed by atoms with Gasteiger partial charge in [-0.3, -0.25) is 0 Å². The van der Waals surface area contributed by atoms with E-state index < -0.39 is 12.1 Å². The normalized spacial score (nSPS) is 10.1. The van der Waals surface area contributed by atoms with Crippen LogP contribution >= 0.6 is 22.6 Å². The van der Waals surface area contributed by atoms with Crippen LogP contribution in [0.4, 0.5) is 8.78 Å². The second-order valence-electron chi connectivity index (χ2n) is 2.14. The topological polar surface area (TPSA) is 56.9 Å². The van der Waals surface area contributed by atoms with Crippen LogP contribution in [0.15, 0.2) is 6.07 Å². The van der Waals surface area contributed by atoms with Gasteiger partial charge in [-0.2, -0.15) is 5.26 Å². The molecule has 13 heavy (non-hydrogen) atoms. The largest absolute Gasteiger partial charge is 0.505 e. The van der Waals surface area contributed by atoms with E-state index >= 15 is 0 Å². The fraction of sp³-hybridized carbons (Fsp3) is 0.143. The maximum absolute atomic E-state index is 12.2. The third-order valence-electron chi connectivity index (χ3n) is 1.30. The molecule has 1 heterocycles. The van der Waals surface area contributed by atoms with Crippen molar-refractivity contribution in [2.24, 2.45) is 0 Å². The second-order valence-corrected chi connectivity index (χ2v) is 3.30. The van der Waals surface area contributed by atoms with Crippen LogP contribution in [0, 0.1) is 14.9 Å². The van der Waals surface area contributed by atoms with Gasteiger partial charge in [0.05, 0.1) is 0 Å². The number of alkyl halides is 2. The molecule has 0 bridgehead atoms. The summed E-state index contributed by atoms with van der Waals surface area (Å²) in [7, 11) is 0. The zero-order chi connectivity index (χ0) is 10.0. The van der Waals surface area contributed by atoms with E-state index in [0.717, 1.165) is 6.07 Å². The molecule has 0 aliphatic rings. The Balaban J connectivity index is 3.33. The molecule has 1 rings (SSSR count). The molecule has 1 aromatic heterocycles. The Labute approximate surface area is 86.2 Å². The van der Waals surface area contributed by atoms with Crippen molar-refractivity contribution in [2.75, 3.05) is 0 Å². The average Bonchev–Trinajstić information content (AvgIpc) is 2.03. The number of rotatable bonds is 1. The minimum absolute atomic E-state index is 0.143. The van der Waals surface area contributed by atoms with Gasteiger partial charge in [-0.1, -0.05) is 0 Å². The lowest BCUT2D eigenvalue weighted by atomic mass is 10.3. The summed E-state index contributed by atoms with van der Waals surface area (Å²) in [5.74, 6) is -0.378. The van der Waals surface area contributed by atoms with Gasteiger partial charge in [0, 0.05) is 3.57 Å². The Bertz CT molecular complexity index is 375. The number of halogens is 3. The zero-order valence-electron chi connectivity index (χ0n) is 6.13. The first-order valence-electron chi connectivity index (χ1n) is 3.14. The van der Waals surface area contributed by atoms with Crippen molar-refractivity contribution in [1.82, 2.24) is 4.98 Å². The Morgan fingerprint density at radius 2 is 2.23 bits per heavy atom. The van der Waals surface area contributed by atoms with E-state index in [1.807, 2.05) is 0 Å². The molecule has 0 saturated heterocycles. The summed E-state index contributed by atoms with van der Waals surface area (Å²) < 4.78 is 24.6. The molecule has 0 saturated carbocycles. The van der Waals surface area contributed by atoms with Crippen molar-refractivity contribution >= 4 is 22.6 Å². The smallest absolute Gasteiger partial charge is 0.281 e. The molecule has 0 atom stereocenters. The summed E-state index contributed by atoms with van der Waals surface area (Å²) in [6.07, 6.45) is -2.74. The average molecular weight is 296 g/mol. The maximum Gasteiger partial charge on any atom is 0.281 e. The SMILES string of the molecule is N#Cc1nc(C(F)F)c(I)cc1O. The lowest BCUT2D eigenvalue weighted by molar-refractivity contribution is 0.145. The lowest BCUT2D eigenvalue weighted by Crippen LogP contribution is -1.97. The first-order valence-corrected chi connectivity index (χ1v) is 4.21. The van der Waals surface area contributed by atoms with E-state index in [2.05, 4.69) is 4.98 Å². The van der Waals surface area contributed by atoms with Crippen molar-refractivity contribution < 1.29 is 13.9 Å². The van der Waals surface area contributed by atoms with E-state index in [-0.39, 0.29) is 15.0 Å². The summed E-state index contributed by atoms with van der Waals surface area (Å²) >= 11 is 1.62. The Morgan fingerprint density at radius 1 is 1.62 bits per heavy atom. The van der Waals surface area contributed by atoms with Gasteiger partial charge in [0.25, 0.3) is 6.43 Å². The number of hydrogen-bond donors (Lipinski definition) is 1. The Morgan fingerprint density at radius 3 is 2.69 bits per heavy atom. The van der Waals surface area contributed by atoms with Crippen LogP contribution in [-0.2, 0) is 0 Å². The van der Waals surface area contributed by atoms with E-state index in [1.165, 1.54) is 6.07 Å². The molecule has 0 aromatic carbocycles. The van der Waals surface area contributed by atoms with E-state index in [0.29, 0.717) is 0 Å². The molecule has 3 nitrogen and oxygen atoms in total. The lowest BCUT2D eigenvalue weighted by Gasteiger charge is -2.03. The number of nitriles is 1. The van der Waals surface area contributed by atoms with E-state index in [1.54, 1.807) is 22.6 Å². The highest BCUT2D eigenvalue weighted by molar-refractivity contribution is 14.1. The van der Waals surface area contributed by atoms with Crippen molar-refractivity contribution in [2.45, 2.75) is 6.43 Å². The van der Waals surface area contributed by atoms with Crippen LogP contribution in [0.2, 0.25) is 0 Å². The van der Waals surface area contributed by atoms with Crippen LogP contribution in [0.1, 0.15) is 17.8 Å². The van der Waals surface area contributed by atoms with Crippen LogP contribution in [0.5, 0.6) is 5.75 Å². The number of nitrogens with zero attached hydrogens (tertiary/aromatic N) is 2. The molecule has 0 aliphatic heterocycles. The van der Waals surface area contributed by atoms with Crippen molar-refractivity contribution in [3.8, 4) is 11.8 Å². The van der Waals surface area contributed by atoms with Gasteiger partial charge in [0.2, 0.25) is 0 Å². The fourth-order valence-electron chi connectivity index (χ4n) is 0.729. The molecule has 0 unspecified atom stereocenters. The van der Waals surface area contributed by atoms with E-state index in [9.17, 15) is 8.78 Å². The van der Waals surface area contributed by atoms with Gasteiger partial charge in [0.1, 0.15) is 11.8 Å². The molecule has 0 aliphatic carbocycles. The standard InChI is InChI=1S/C7H3F2IN2O/c8-7(9)6-3(10)1-5(13)4(2-11)12-6/h1,7,13H. The van der Waals surface area contributed by atoms with Gasteiger partial charge in [0.15, 0.2) is 11.4 Å². The predicted octanol–water partition coefficient (Wildman–Crippen LogP) is 2.20. The molecule has 0 spiro atoms. The summed E-state index contributed by atoms with van der Waals surface area (Å²) in [6, 6.07) is 2.61. The third-order valence-corrected chi connectivity index (χ3v) is 2.16. The number of aromatic nitrogens is 1. The van der Waals surface area contributed by atoms with Crippen molar-refractivity contribution in [3.63, 3.8) is 0 Å². The van der Waals surface area contributed by atoms with E-state index in [4.69, 9.17) is 10.4 Å². The van der Waals surface area contributed by atoms with Crippen LogP contribution in [-0.4, -0.2) is 10.1 Å². The highest BCUT2D eigenvalue weighted by Crippen LogP contribution is 2.26. The molecular formula is C7H3F2IN2O. The number of aromatic hydroxyl groups is 1. The van der Waals surface area contributed by atoms with Crippen LogP contribution in [0.25, 0.3) is 0 Å². The molecule has 0 fully saturated rings. The first-order chi connectivity index (χ1) is 6.06.